The molecule has 76 valence electrons. The molecule has 1 rings (SSSR count). The van der Waals surface area contributed by atoms with Crippen molar-refractivity contribution in [1.82, 2.24) is 4.90 Å². The molecule has 0 saturated carbocycles. The first-order valence-corrected chi connectivity index (χ1v) is 4.84. The van der Waals surface area contributed by atoms with Gasteiger partial charge in [0.05, 0.1) is 13.2 Å². The maximum atomic E-state index is 5.64. The lowest BCUT2D eigenvalue weighted by Gasteiger charge is -2.27. The van der Waals surface area contributed by atoms with Crippen LogP contribution < -0.4 is 5.73 Å². The third-order valence-corrected chi connectivity index (χ3v) is 1.65. The van der Waals surface area contributed by atoms with Gasteiger partial charge in [0.1, 0.15) is 0 Å². The molecule has 3 heteroatoms. The number of nitrogens with two attached hydrogens (primary N) is 1. The molecular weight excluding hydrogens is 152 g/mol. The molecule has 0 aromatic rings. The van der Waals surface area contributed by atoms with Crippen LogP contribution in [0.5, 0.6) is 0 Å². The van der Waals surface area contributed by atoms with Gasteiger partial charge < -0.3 is 10.5 Å². The summed E-state index contributed by atoms with van der Waals surface area (Å²) in [4.78, 5) is 2.34. The Labute approximate surface area is 77.4 Å². The number of morpholine rings is 1. The van der Waals surface area contributed by atoms with Crippen molar-refractivity contribution in [2.45, 2.75) is 26.8 Å². The van der Waals surface area contributed by atoms with Gasteiger partial charge in [0.2, 0.25) is 0 Å². The summed E-state index contributed by atoms with van der Waals surface area (Å²) in [5, 5.41) is 0. The predicted octanol–water partition coefficient (Wildman–Crippen LogP) is 0.938. The zero-order chi connectivity index (χ0) is 9.40. The number of nitrogens with zero attached hydrogens (tertiary/aromatic N) is 1. The van der Waals surface area contributed by atoms with Gasteiger partial charge in [-0.15, -0.1) is 0 Å². The zero-order valence-electron chi connectivity index (χ0n) is 8.55. The van der Waals surface area contributed by atoms with Crippen molar-refractivity contribution in [3.05, 3.63) is 0 Å². The summed E-state index contributed by atoms with van der Waals surface area (Å²) in [5.41, 5.74) is 5.64. The van der Waals surface area contributed by atoms with Crippen LogP contribution in [0.25, 0.3) is 0 Å². The highest BCUT2D eigenvalue weighted by Crippen LogP contribution is 1.96. The van der Waals surface area contributed by atoms with Crippen LogP contribution in [0.2, 0.25) is 0 Å². The highest BCUT2D eigenvalue weighted by molar-refractivity contribution is 4.66. The second-order valence-electron chi connectivity index (χ2n) is 2.89. The number of rotatable bonds is 2. The minimum atomic E-state index is 0. The molecule has 0 aromatic heterocycles. The second-order valence-corrected chi connectivity index (χ2v) is 2.89. The van der Waals surface area contributed by atoms with E-state index in [-0.39, 0.29) is 7.47 Å². The Bertz CT molecular complexity index is 95.6. The van der Waals surface area contributed by atoms with Crippen molar-refractivity contribution < 1.29 is 6.16 Å². The van der Waals surface area contributed by atoms with Gasteiger partial charge in [0.25, 0.3) is 0 Å². The lowest BCUT2D eigenvalue weighted by atomic mass is 10.3. The van der Waals surface area contributed by atoms with E-state index in [0.29, 0.717) is 0 Å². The number of hydrogen-bond donors (Lipinski definition) is 1. The molecule has 1 heterocycles. The Morgan fingerprint density at radius 2 is 1.92 bits per heavy atom. The van der Waals surface area contributed by atoms with Crippen LogP contribution in [-0.4, -0.2) is 43.8 Å². The van der Waals surface area contributed by atoms with Crippen LogP contribution in [0.1, 0.15) is 22.2 Å². The minimum Gasteiger partial charge on any atom is -0.379 e. The van der Waals surface area contributed by atoms with Gasteiger partial charge in [0.15, 0.2) is 0 Å². The van der Waals surface area contributed by atoms with Crippen molar-refractivity contribution in [3.63, 3.8) is 0 Å². The SMILES string of the molecule is CC.CC(N)CN1CCOCC1.[HH]. The first-order valence-electron chi connectivity index (χ1n) is 4.84. The van der Waals surface area contributed by atoms with E-state index in [0.717, 1.165) is 32.8 Å². The van der Waals surface area contributed by atoms with Gasteiger partial charge in [0, 0.05) is 27.1 Å². The molecule has 0 bridgehead atoms. The van der Waals surface area contributed by atoms with Crippen LogP contribution in [0, 0.1) is 0 Å². The van der Waals surface area contributed by atoms with E-state index < -0.39 is 0 Å². The maximum Gasteiger partial charge on any atom is 0.0594 e. The Kier molecular flexibility index (Phi) is 7.45. The molecule has 1 atom stereocenters. The van der Waals surface area contributed by atoms with Crippen LogP contribution >= 0.6 is 0 Å². The Balaban J connectivity index is 0. The summed E-state index contributed by atoms with van der Waals surface area (Å²) in [6.45, 7) is 10.9. The third kappa shape index (κ3) is 5.52. The molecule has 0 amide bonds. The summed E-state index contributed by atoms with van der Waals surface area (Å²) in [7, 11) is 0. The van der Waals surface area contributed by atoms with Crippen LogP contribution in [-0.2, 0) is 4.74 Å². The maximum absolute atomic E-state index is 5.64. The number of hydrogen-bond acceptors (Lipinski definition) is 3. The smallest absolute Gasteiger partial charge is 0.0594 e. The monoisotopic (exact) mass is 176 g/mol. The van der Waals surface area contributed by atoms with Crippen molar-refractivity contribution in [2.24, 2.45) is 5.73 Å². The third-order valence-electron chi connectivity index (χ3n) is 1.65. The average molecular weight is 176 g/mol. The van der Waals surface area contributed by atoms with Crippen LogP contribution in [0.15, 0.2) is 0 Å². The Morgan fingerprint density at radius 3 is 2.33 bits per heavy atom. The van der Waals surface area contributed by atoms with Crippen molar-refractivity contribution in [2.75, 3.05) is 32.8 Å². The summed E-state index contributed by atoms with van der Waals surface area (Å²) < 4.78 is 5.20. The van der Waals surface area contributed by atoms with Crippen LogP contribution in [0.4, 0.5) is 0 Å². The van der Waals surface area contributed by atoms with Gasteiger partial charge in [-0.3, -0.25) is 4.90 Å². The first kappa shape index (κ1) is 11.9. The van der Waals surface area contributed by atoms with E-state index in [4.69, 9.17) is 10.5 Å². The van der Waals surface area contributed by atoms with Crippen LogP contribution in [0.3, 0.4) is 0 Å². The normalized spacial score (nSPS) is 21.0. The van der Waals surface area contributed by atoms with Crippen molar-refractivity contribution >= 4 is 0 Å². The topological polar surface area (TPSA) is 38.5 Å². The first-order chi connectivity index (χ1) is 5.79. The molecule has 12 heavy (non-hydrogen) atoms. The van der Waals surface area contributed by atoms with Gasteiger partial charge in [-0.2, -0.15) is 0 Å². The summed E-state index contributed by atoms with van der Waals surface area (Å²) in [6, 6.07) is 0.290. The van der Waals surface area contributed by atoms with E-state index >= 15 is 0 Å². The average Bonchev–Trinajstić information content (AvgIpc) is 2.08. The quantitative estimate of drug-likeness (QED) is 0.680. The molecule has 1 aliphatic heterocycles. The fraction of sp³-hybridized carbons (Fsp3) is 1.00. The van der Waals surface area contributed by atoms with Crippen molar-refractivity contribution in [1.29, 1.82) is 0 Å². The molecule has 1 saturated heterocycles. The molecule has 1 aliphatic rings. The van der Waals surface area contributed by atoms with Gasteiger partial charge in [-0.05, 0) is 6.92 Å². The molecule has 2 N–H and O–H groups in total. The standard InChI is InChI=1S/C7H16N2O.C2H6.H2/c1-7(8)6-9-2-4-10-5-3-9;1-2;/h7H,2-6,8H2,1H3;1-2H3;1H. The molecule has 0 radical (unpaired) electrons. The summed E-state index contributed by atoms with van der Waals surface area (Å²) in [5.74, 6) is 0. The molecular formula is C9H24N2O. The molecule has 1 unspecified atom stereocenters. The predicted molar refractivity (Wildman–Crippen MR) is 54.4 cm³/mol. The summed E-state index contributed by atoms with van der Waals surface area (Å²) >= 11 is 0. The van der Waals surface area contributed by atoms with Gasteiger partial charge in [-0.1, -0.05) is 13.8 Å². The van der Waals surface area contributed by atoms with E-state index in [9.17, 15) is 0 Å². The molecule has 0 aromatic carbocycles. The Morgan fingerprint density at radius 1 is 1.42 bits per heavy atom. The largest absolute Gasteiger partial charge is 0.379 e. The fourth-order valence-corrected chi connectivity index (χ4v) is 1.19. The molecule has 0 spiro atoms. The number of ether oxygens (including phenoxy) is 1. The molecule has 1 fully saturated rings. The molecule has 3 nitrogen and oxygen atoms in total. The van der Waals surface area contributed by atoms with E-state index in [1.807, 2.05) is 20.8 Å². The van der Waals surface area contributed by atoms with Gasteiger partial charge in [-0.25, -0.2) is 0 Å². The highest BCUT2D eigenvalue weighted by atomic mass is 16.5. The lowest BCUT2D eigenvalue weighted by Crippen LogP contribution is -2.42. The zero-order valence-corrected chi connectivity index (χ0v) is 8.55. The van der Waals surface area contributed by atoms with Gasteiger partial charge >= 0.3 is 0 Å². The molecule has 0 aliphatic carbocycles. The second kappa shape index (κ2) is 7.53. The van der Waals surface area contributed by atoms with E-state index in [2.05, 4.69) is 4.90 Å². The van der Waals surface area contributed by atoms with E-state index in [1.54, 1.807) is 0 Å². The Hall–Kier alpha value is -0.120. The lowest BCUT2D eigenvalue weighted by molar-refractivity contribution is 0.0360. The highest BCUT2D eigenvalue weighted by Gasteiger charge is 2.10. The summed E-state index contributed by atoms with van der Waals surface area (Å²) in [6.07, 6.45) is 0. The minimum absolute atomic E-state index is 0. The van der Waals surface area contributed by atoms with Crippen molar-refractivity contribution in [3.8, 4) is 0 Å². The van der Waals surface area contributed by atoms with E-state index in [1.165, 1.54) is 0 Å². The fourth-order valence-electron chi connectivity index (χ4n) is 1.19.